The minimum Gasteiger partial charge on any atom is -0.497 e. The van der Waals surface area contributed by atoms with Crippen LogP contribution in [0.1, 0.15) is 36.4 Å². The minimum atomic E-state index is -4.34. The van der Waals surface area contributed by atoms with E-state index >= 15 is 0 Å². The van der Waals surface area contributed by atoms with Crippen molar-refractivity contribution in [3.63, 3.8) is 0 Å². The molecule has 1 aliphatic heterocycles. The molecule has 0 radical (unpaired) electrons. The van der Waals surface area contributed by atoms with Gasteiger partial charge in [0.15, 0.2) is 0 Å². The van der Waals surface area contributed by atoms with E-state index in [1.165, 1.54) is 13.2 Å². The maximum atomic E-state index is 13.0. The van der Waals surface area contributed by atoms with Crippen molar-refractivity contribution >= 4 is 0 Å². The lowest BCUT2D eigenvalue weighted by molar-refractivity contribution is -0.138. The fourth-order valence-electron chi connectivity index (χ4n) is 2.33. The summed E-state index contributed by atoms with van der Waals surface area (Å²) in [5.74, 6) is 0.238. The van der Waals surface area contributed by atoms with Gasteiger partial charge in [-0.25, -0.2) is 0 Å². The molecule has 1 fully saturated rings. The zero-order chi connectivity index (χ0) is 13.2. The van der Waals surface area contributed by atoms with Gasteiger partial charge >= 0.3 is 6.18 Å². The summed E-state index contributed by atoms with van der Waals surface area (Å²) in [5, 5.41) is 3.14. The number of methoxy groups -OCH3 is 1. The molecule has 18 heavy (non-hydrogen) atoms. The van der Waals surface area contributed by atoms with Gasteiger partial charge in [0, 0.05) is 6.04 Å². The van der Waals surface area contributed by atoms with Crippen LogP contribution >= 0.6 is 0 Å². The first kappa shape index (κ1) is 13.2. The smallest absolute Gasteiger partial charge is 0.416 e. The molecular weight excluding hydrogens is 243 g/mol. The average molecular weight is 259 g/mol. The molecule has 1 aromatic rings. The summed E-state index contributed by atoms with van der Waals surface area (Å²) in [6.07, 6.45) is -1.62. The van der Waals surface area contributed by atoms with Gasteiger partial charge in [-0.1, -0.05) is 12.5 Å². The van der Waals surface area contributed by atoms with Crippen LogP contribution in [-0.2, 0) is 6.18 Å². The Bertz CT molecular complexity index is 411. The molecule has 0 aromatic heterocycles. The molecule has 2 nitrogen and oxygen atoms in total. The van der Waals surface area contributed by atoms with Crippen LogP contribution in [0.2, 0.25) is 0 Å². The van der Waals surface area contributed by atoms with Gasteiger partial charge in [-0.15, -0.1) is 0 Å². The van der Waals surface area contributed by atoms with E-state index in [0.29, 0.717) is 5.56 Å². The zero-order valence-corrected chi connectivity index (χ0v) is 10.2. The van der Waals surface area contributed by atoms with Crippen LogP contribution in [0.4, 0.5) is 13.2 Å². The van der Waals surface area contributed by atoms with Crippen LogP contribution in [-0.4, -0.2) is 13.7 Å². The van der Waals surface area contributed by atoms with Gasteiger partial charge in [0.2, 0.25) is 0 Å². The first-order valence-electron chi connectivity index (χ1n) is 6.01. The predicted octanol–water partition coefficient (Wildman–Crippen LogP) is 3.53. The summed E-state index contributed by atoms with van der Waals surface area (Å²) in [5.41, 5.74) is -0.274. The van der Waals surface area contributed by atoms with E-state index in [4.69, 9.17) is 4.74 Å². The van der Waals surface area contributed by atoms with E-state index in [9.17, 15) is 13.2 Å². The third-order valence-electron chi connectivity index (χ3n) is 3.25. The van der Waals surface area contributed by atoms with Gasteiger partial charge in [-0.3, -0.25) is 0 Å². The van der Waals surface area contributed by atoms with E-state index in [1.807, 2.05) is 0 Å². The van der Waals surface area contributed by atoms with Crippen LogP contribution in [0.25, 0.3) is 0 Å². The highest BCUT2D eigenvalue weighted by Gasteiger charge is 2.36. The van der Waals surface area contributed by atoms with Gasteiger partial charge < -0.3 is 10.1 Å². The molecule has 1 aliphatic rings. The van der Waals surface area contributed by atoms with Crippen molar-refractivity contribution in [2.75, 3.05) is 13.7 Å². The molecule has 5 heteroatoms. The van der Waals surface area contributed by atoms with Gasteiger partial charge in [-0.2, -0.15) is 13.2 Å². The Labute approximate surface area is 104 Å². The Morgan fingerprint density at radius 1 is 1.28 bits per heavy atom. The van der Waals surface area contributed by atoms with Crippen molar-refractivity contribution in [3.8, 4) is 5.75 Å². The first-order chi connectivity index (χ1) is 8.52. The molecule has 0 saturated carbocycles. The van der Waals surface area contributed by atoms with Crippen LogP contribution in [0.3, 0.4) is 0 Å². The molecule has 0 amide bonds. The molecule has 0 spiro atoms. The summed E-state index contributed by atoms with van der Waals surface area (Å²) in [4.78, 5) is 0. The largest absolute Gasteiger partial charge is 0.497 e. The summed E-state index contributed by atoms with van der Waals surface area (Å²) >= 11 is 0. The summed E-state index contributed by atoms with van der Waals surface area (Å²) in [7, 11) is 1.37. The predicted molar refractivity (Wildman–Crippen MR) is 62.6 cm³/mol. The topological polar surface area (TPSA) is 21.3 Å². The molecule has 2 rings (SSSR count). The molecule has 1 N–H and O–H groups in total. The maximum Gasteiger partial charge on any atom is 0.416 e. The fourth-order valence-corrected chi connectivity index (χ4v) is 2.33. The Kier molecular flexibility index (Phi) is 3.80. The SMILES string of the molecule is COc1ccc([C@H]2CCCCN2)c(C(F)(F)F)c1. The van der Waals surface area contributed by atoms with E-state index in [0.717, 1.165) is 31.9 Å². The quantitative estimate of drug-likeness (QED) is 0.877. The third kappa shape index (κ3) is 2.77. The van der Waals surface area contributed by atoms with E-state index < -0.39 is 11.7 Å². The summed E-state index contributed by atoms with van der Waals surface area (Å²) in [6.45, 7) is 0.772. The normalized spacial score (nSPS) is 20.8. The lowest BCUT2D eigenvalue weighted by atomic mass is 9.93. The number of benzene rings is 1. The van der Waals surface area contributed by atoms with Gasteiger partial charge in [0.25, 0.3) is 0 Å². The molecule has 0 bridgehead atoms. The molecule has 1 saturated heterocycles. The van der Waals surface area contributed by atoms with E-state index in [1.54, 1.807) is 6.07 Å². The Hall–Kier alpha value is -1.23. The Morgan fingerprint density at radius 2 is 2.06 bits per heavy atom. The van der Waals surface area contributed by atoms with Crippen LogP contribution in [0.5, 0.6) is 5.75 Å². The number of rotatable bonds is 2. The lowest BCUT2D eigenvalue weighted by Crippen LogP contribution is -2.28. The van der Waals surface area contributed by atoms with Crippen molar-refractivity contribution in [3.05, 3.63) is 29.3 Å². The molecule has 0 unspecified atom stereocenters. The highest BCUT2D eigenvalue weighted by molar-refractivity contribution is 5.39. The van der Waals surface area contributed by atoms with Crippen LogP contribution in [0, 0.1) is 0 Å². The highest BCUT2D eigenvalue weighted by atomic mass is 19.4. The van der Waals surface area contributed by atoms with Crippen LogP contribution in [0.15, 0.2) is 18.2 Å². The Morgan fingerprint density at radius 3 is 2.61 bits per heavy atom. The molecular formula is C13H16F3NO. The second-order valence-electron chi connectivity index (χ2n) is 4.45. The molecule has 1 aromatic carbocycles. The molecule has 0 aliphatic carbocycles. The third-order valence-corrected chi connectivity index (χ3v) is 3.25. The Balaban J connectivity index is 2.38. The standard InChI is InChI=1S/C13H16F3NO/c1-18-9-5-6-10(11(8-9)13(14,15)16)12-4-2-3-7-17-12/h5-6,8,12,17H,2-4,7H2,1H3/t12-/m1/s1. The first-order valence-corrected chi connectivity index (χ1v) is 6.01. The number of nitrogens with one attached hydrogen (secondary N) is 1. The van der Waals surface area contributed by atoms with Crippen LogP contribution < -0.4 is 10.1 Å². The number of hydrogen-bond acceptors (Lipinski definition) is 2. The van der Waals surface area contributed by atoms with Crippen molar-refractivity contribution in [2.45, 2.75) is 31.5 Å². The average Bonchev–Trinajstić information content (AvgIpc) is 2.38. The van der Waals surface area contributed by atoms with E-state index in [-0.39, 0.29) is 11.8 Å². The minimum absolute atomic E-state index is 0.207. The molecule has 1 heterocycles. The summed E-state index contributed by atoms with van der Waals surface area (Å²) < 4.78 is 44.0. The second-order valence-corrected chi connectivity index (χ2v) is 4.45. The highest BCUT2D eigenvalue weighted by Crippen LogP contribution is 2.38. The van der Waals surface area contributed by atoms with Gasteiger partial charge in [0.1, 0.15) is 5.75 Å². The van der Waals surface area contributed by atoms with Crippen molar-refractivity contribution in [2.24, 2.45) is 0 Å². The fraction of sp³-hybridized carbons (Fsp3) is 0.538. The van der Waals surface area contributed by atoms with Gasteiger partial charge in [-0.05, 0) is 37.1 Å². The number of piperidine rings is 1. The maximum absolute atomic E-state index is 13.0. The number of halogens is 3. The number of alkyl halides is 3. The second kappa shape index (κ2) is 5.18. The summed E-state index contributed by atoms with van der Waals surface area (Å²) in [6, 6.07) is 3.97. The monoisotopic (exact) mass is 259 g/mol. The van der Waals surface area contributed by atoms with Gasteiger partial charge in [0.05, 0.1) is 12.7 Å². The van der Waals surface area contributed by atoms with Crippen molar-refractivity contribution < 1.29 is 17.9 Å². The van der Waals surface area contributed by atoms with Crippen molar-refractivity contribution in [1.82, 2.24) is 5.32 Å². The lowest BCUT2D eigenvalue weighted by Gasteiger charge is -2.26. The number of hydrogen-bond donors (Lipinski definition) is 1. The molecule has 1 atom stereocenters. The number of ether oxygens (including phenoxy) is 1. The van der Waals surface area contributed by atoms with Crippen molar-refractivity contribution in [1.29, 1.82) is 0 Å². The molecule has 100 valence electrons. The zero-order valence-electron chi connectivity index (χ0n) is 10.2. The van der Waals surface area contributed by atoms with E-state index in [2.05, 4.69) is 5.32 Å².